The number of amides is 2. The van der Waals surface area contributed by atoms with Gasteiger partial charge in [0, 0.05) is 76.8 Å². The second kappa shape index (κ2) is 34.7. The van der Waals surface area contributed by atoms with Crippen LogP contribution in [0.15, 0.2) is 42.5 Å². The Morgan fingerprint density at radius 1 is 0.667 bits per heavy atom. The largest absolute Gasteiger partial charge is 0.496 e. The molecular weight excluding hydrogens is 1190 g/mol. The first kappa shape index (κ1) is 74.5. The molecule has 6 N–H and O–H groups in total. The minimum atomic E-state index is -1.23. The van der Waals surface area contributed by atoms with E-state index in [1.165, 1.54) is 12.5 Å². The third-order valence-electron chi connectivity index (χ3n) is 18.5. The zero-order valence-corrected chi connectivity index (χ0v) is 58.0. The number of aliphatic hydroxyl groups is 1. The summed E-state index contributed by atoms with van der Waals surface area (Å²) in [5, 5.41) is 34.6. The van der Waals surface area contributed by atoms with E-state index >= 15 is 0 Å². The Morgan fingerprint density at radius 2 is 1.16 bits per heavy atom. The third kappa shape index (κ3) is 20.6. The number of esters is 3. The van der Waals surface area contributed by atoms with Gasteiger partial charge in [-0.05, 0) is 141 Å². The van der Waals surface area contributed by atoms with Crippen molar-refractivity contribution in [3.63, 3.8) is 0 Å². The molecule has 5 fully saturated rings. The number of benzene rings is 2. The first-order chi connectivity index (χ1) is 44.2. The smallest absolute Gasteiger partial charge is 0.320 e. The summed E-state index contributed by atoms with van der Waals surface area (Å²) < 4.78 is 46.4. The van der Waals surface area contributed by atoms with Crippen molar-refractivity contribution in [1.29, 1.82) is 5.41 Å². The Kier molecular flexibility index (Phi) is 27.8. The van der Waals surface area contributed by atoms with Crippen LogP contribution >= 0.6 is 0 Å². The van der Waals surface area contributed by atoms with Crippen molar-refractivity contribution in [1.82, 2.24) is 30.2 Å². The number of rotatable bonds is 35. The SMILES string of the molecule is COc1cccc(OC)c1/C(=C/C(=N)C(=O)NC1(C(O)OC(C)(C)C)C2CC3CC4CC1C42C3)Nc1ccc(NCCOCCOCCNC(=O)CN2CCN(CC(=O)OCC(C)C)CCN(CC(=O)OCC(C)C)CCN(CC(=O)OCC(C)C)CC2)cc1C(C)C. The Hall–Kier alpha value is -5.92. The van der Waals surface area contributed by atoms with Gasteiger partial charge in [0.1, 0.15) is 17.2 Å². The van der Waals surface area contributed by atoms with Crippen LogP contribution < -0.4 is 30.7 Å². The lowest BCUT2D eigenvalue weighted by molar-refractivity contribution is -0.336. The molecule has 2 bridgehead atoms. The fourth-order valence-electron chi connectivity index (χ4n) is 14.3. The number of fused-ring (bicyclic) bond motifs is 1. The molecule has 5 aliphatic rings. The Labute approximate surface area is 552 Å². The lowest BCUT2D eigenvalue weighted by Crippen LogP contribution is -2.85. The van der Waals surface area contributed by atoms with Crippen LogP contribution in [-0.4, -0.2) is 230 Å². The van der Waals surface area contributed by atoms with E-state index in [9.17, 15) is 34.5 Å². The van der Waals surface area contributed by atoms with Crippen LogP contribution in [0.5, 0.6) is 11.5 Å². The standard InChI is InChI=1S/C70H111N9O14/c1-46(2)43-90-62(81)40-77-23-21-76(22-24-78(41-63(82)91-44-47(3)4)26-28-79(27-25-77)42-64(83)92-45-48(5)6)39-61(80)73-20-30-89-32-31-88-29-19-72-52-17-18-55(53(36-52)49(7)8)74-56(65-57(86-12)15-14-16-58(65)87-13)37-54(71)66(84)75-70(67(85)93-68(9,10)11)59-34-50-33-51-35-60(70)69(51,59)38-50/h14-18,36-37,46-51,59-60,67,71-72,74,85H,19-35,38-45H2,1-13H3,(H,73,80)(H,75,84)/b56-37-,71-54?. The predicted molar refractivity (Wildman–Crippen MR) is 358 cm³/mol. The zero-order valence-electron chi connectivity index (χ0n) is 58.0. The number of hydrogen-bond acceptors (Lipinski definition) is 21. The van der Waals surface area contributed by atoms with E-state index in [2.05, 4.69) is 41.2 Å². The van der Waals surface area contributed by atoms with Gasteiger partial charge in [-0.1, -0.05) is 61.5 Å². The molecule has 2 aromatic rings. The van der Waals surface area contributed by atoms with Gasteiger partial charge in [-0.3, -0.25) is 49.0 Å². The summed E-state index contributed by atoms with van der Waals surface area (Å²) in [5.74, 6) is 1.18. The summed E-state index contributed by atoms with van der Waals surface area (Å²) in [7, 11) is 3.14. The van der Waals surface area contributed by atoms with E-state index in [-0.39, 0.29) is 110 Å². The fourth-order valence-corrected chi connectivity index (χ4v) is 14.3. The van der Waals surface area contributed by atoms with Crippen LogP contribution in [0.1, 0.15) is 119 Å². The highest BCUT2D eigenvalue weighted by Crippen LogP contribution is 2.84. The lowest BCUT2D eigenvalue weighted by atomic mass is 9.31. The van der Waals surface area contributed by atoms with E-state index in [4.69, 9.17) is 37.9 Å². The number of nitrogens with zero attached hydrogens (tertiary/aromatic N) is 4. The number of carbonyl (C=O) groups is 5. The van der Waals surface area contributed by atoms with E-state index < -0.39 is 23.3 Å². The van der Waals surface area contributed by atoms with E-state index in [0.29, 0.717) is 133 Å². The average molecular weight is 1300 g/mol. The topological polar surface area (TPSA) is 264 Å². The molecule has 7 atom stereocenters. The molecule has 23 heteroatoms. The summed E-state index contributed by atoms with van der Waals surface area (Å²) >= 11 is 0. The Balaban J connectivity index is 0.900. The third-order valence-corrected chi connectivity index (χ3v) is 18.5. The van der Waals surface area contributed by atoms with Crippen molar-refractivity contribution >= 4 is 52.5 Å². The average Bonchev–Trinajstić information content (AvgIpc) is 1.50. The van der Waals surface area contributed by atoms with Crippen molar-refractivity contribution < 1.29 is 67.0 Å². The van der Waals surface area contributed by atoms with E-state index in [1.807, 2.05) is 112 Å². The highest BCUT2D eigenvalue weighted by Gasteiger charge is 2.85. The molecule has 2 aromatic carbocycles. The first-order valence-electron chi connectivity index (χ1n) is 33.9. The van der Waals surface area contributed by atoms with Crippen LogP contribution in [0.4, 0.5) is 11.4 Å². The molecule has 1 aliphatic heterocycles. The summed E-state index contributed by atoms with van der Waals surface area (Å²) in [6.45, 7) is 28.9. The van der Waals surface area contributed by atoms with Gasteiger partial charge in [-0.15, -0.1) is 0 Å². The van der Waals surface area contributed by atoms with E-state index in [1.54, 1.807) is 14.2 Å². The summed E-state index contributed by atoms with van der Waals surface area (Å²) in [5.41, 5.74) is 1.77. The van der Waals surface area contributed by atoms with Gasteiger partial charge >= 0.3 is 17.9 Å². The van der Waals surface area contributed by atoms with Crippen molar-refractivity contribution in [2.24, 2.45) is 46.8 Å². The quantitative estimate of drug-likeness (QED) is 0.0137. The minimum Gasteiger partial charge on any atom is -0.496 e. The number of ether oxygens (including phenoxy) is 8. The van der Waals surface area contributed by atoms with Gasteiger partial charge in [0.25, 0.3) is 5.91 Å². The van der Waals surface area contributed by atoms with Crippen molar-refractivity contribution in [3.8, 4) is 11.5 Å². The zero-order chi connectivity index (χ0) is 67.6. The van der Waals surface area contributed by atoms with Gasteiger partial charge in [-0.2, -0.15) is 0 Å². The number of nitrogens with one attached hydrogen (secondary N) is 5. The molecule has 4 aliphatic carbocycles. The summed E-state index contributed by atoms with van der Waals surface area (Å²) in [6.07, 6.45) is 4.51. The van der Waals surface area contributed by atoms with Crippen LogP contribution in [0, 0.1) is 52.2 Å². The molecule has 2 amide bonds. The Bertz CT molecular complexity index is 2780. The molecule has 7 rings (SSSR count). The van der Waals surface area contributed by atoms with Gasteiger partial charge in [0.2, 0.25) is 5.91 Å². The fraction of sp³-hybridized carbons (Fsp3) is 0.714. The second-order valence-electron chi connectivity index (χ2n) is 28.6. The molecule has 7 unspecified atom stereocenters. The predicted octanol–water partition coefficient (Wildman–Crippen LogP) is 6.73. The maximum atomic E-state index is 14.5. The lowest BCUT2D eigenvalue weighted by Gasteiger charge is -2.77. The number of aliphatic hydroxyl groups excluding tert-OH is 1. The van der Waals surface area contributed by atoms with Gasteiger partial charge in [0.15, 0.2) is 6.29 Å². The molecule has 1 spiro atoms. The summed E-state index contributed by atoms with van der Waals surface area (Å²) in [6, 6.07) is 11.4. The Morgan fingerprint density at radius 3 is 1.63 bits per heavy atom. The second-order valence-corrected chi connectivity index (χ2v) is 28.6. The highest BCUT2D eigenvalue weighted by molar-refractivity contribution is 6.43. The minimum absolute atomic E-state index is 0.0586. The number of carbonyl (C=O) groups excluding carboxylic acids is 5. The maximum absolute atomic E-state index is 14.5. The molecule has 520 valence electrons. The normalized spacial score (nSPS) is 23.3. The summed E-state index contributed by atoms with van der Waals surface area (Å²) in [4.78, 5) is 75.0. The van der Waals surface area contributed by atoms with Crippen LogP contribution in [0.25, 0.3) is 5.70 Å². The molecule has 23 nitrogen and oxygen atoms in total. The van der Waals surface area contributed by atoms with Gasteiger partial charge in [0.05, 0.1) is 109 Å². The molecule has 1 heterocycles. The molecule has 93 heavy (non-hydrogen) atoms. The molecule has 1 saturated heterocycles. The molecule has 0 radical (unpaired) electrons. The number of methoxy groups -OCH3 is 2. The maximum Gasteiger partial charge on any atom is 0.320 e. The number of hydrogen-bond donors (Lipinski definition) is 6. The highest BCUT2D eigenvalue weighted by atomic mass is 16.6. The van der Waals surface area contributed by atoms with Gasteiger partial charge < -0.3 is 64.3 Å². The van der Waals surface area contributed by atoms with E-state index in [0.717, 1.165) is 36.2 Å². The number of anilines is 2. The molecule has 0 aromatic heterocycles. The van der Waals surface area contributed by atoms with Crippen molar-refractivity contribution in [2.75, 3.05) is 163 Å². The molecule has 4 saturated carbocycles. The van der Waals surface area contributed by atoms with Crippen LogP contribution in [0.3, 0.4) is 0 Å². The van der Waals surface area contributed by atoms with Crippen molar-refractivity contribution in [2.45, 2.75) is 125 Å². The van der Waals surface area contributed by atoms with Crippen molar-refractivity contribution in [3.05, 3.63) is 53.6 Å². The molecular formula is C70H111N9O14. The van der Waals surface area contributed by atoms with Crippen LogP contribution in [0.2, 0.25) is 0 Å². The van der Waals surface area contributed by atoms with Gasteiger partial charge in [-0.25, -0.2) is 0 Å². The first-order valence-corrected chi connectivity index (χ1v) is 33.9. The monoisotopic (exact) mass is 1300 g/mol. The van der Waals surface area contributed by atoms with Crippen LogP contribution in [-0.2, 0) is 52.4 Å².